The number of thiophene rings is 1. The monoisotopic (exact) mass is 343 g/mol. The Bertz CT molecular complexity index is 845. The SMILES string of the molecule is O=C1CC(c2noc(-c3ccc(F)cc3)n2)CN1Cc1cccs1. The summed E-state index contributed by atoms with van der Waals surface area (Å²) >= 11 is 1.64. The van der Waals surface area contributed by atoms with E-state index in [0.29, 0.717) is 36.8 Å². The van der Waals surface area contributed by atoms with Crippen molar-refractivity contribution in [2.24, 2.45) is 0 Å². The van der Waals surface area contributed by atoms with Crippen molar-refractivity contribution < 1.29 is 13.7 Å². The Kier molecular flexibility index (Phi) is 3.86. The van der Waals surface area contributed by atoms with Crippen molar-refractivity contribution >= 4 is 17.2 Å². The van der Waals surface area contributed by atoms with E-state index in [1.165, 1.54) is 12.1 Å². The number of carbonyl (C=O) groups is 1. The second-order valence-electron chi connectivity index (χ2n) is 5.72. The van der Waals surface area contributed by atoms with Gasteiger partial charge in [-0.15, -0.1) is 11.3 Å². The second kappa shape index (κ2) is 6.16. The van der Waals surface area contributed by atoms with Crippen LogP contribution in [0.3, 0.4) is 0 Å². The number of nitrogens with zero attached hydrogens (tertiary/aromatic N) is 3. The summed E-state index contributed by atoms with van der Waals surface area (Å²) in [6.07, 6.45) is 0.383. The van der Waals surface area contributed by atoms with E-state index in [2.05, 4.69) is 10.1 Å². The molecule has 1 aromatic carbocycles. The molecule has 0 aliphatic carbocycles. The van der Waals surface area contributed by atoms with Gasteiger partial charge in [0.2, 0.25) is 5.91 Å². The van der Waals surface area contributed by atoms with Gasteiger partial charge in [-0.1, -0.05) is 11.2 Å². The summed E-state index contributed by atoms with van der Waals surface area (Å²) in [4.78, 5) is 19.6. The Balaban J connectivity index is 1.49. The van der Waals surface area contributed by atoms with Gasteiger partial charge < -0.3 is 9.42 Å². The minimum absolute atomic E-state index is 0.0737. The highest BCUT2D eigenvalue weighted by atomic mass is 32.1. The number of rotatable bonds is 4. The molecule has 24 heavy (non-hydrogen) atoms. The standard InChI is InChI=1S/C17H14FN3O2S/c18-13-5-3-11(4-6-13)17-19-16(20-23-17)12-8-15(22)21(9-12)10-14-2-1-7-24-14/h1-7,12H,8-10H2. The topological polar surface area (TPSA) is 59.2 Å². The van der Waals surface area contributed by atoms with E-state index in [0.717, 1.165) is 4.88 Å². The van der Waals surface area contributed by atoms with Gasteiger partial charge in [-0.05, 0) is 35.7 Å². The van der Waals surface area contributed by atoms with Gasteiger partial charge in [0.05, 0.1) is 6.54 Å². The summed E-state index contributed by atoms with van der Waals surface area (Å²) in [5.41, 5.74) is 0.662. The van der Waals surface area contributed by atoms with Gasteiger partial charge >= 0.3 is 0 Å². The van der Waals surface area contributed by atoms with Crippen LogP contribution in [0.2, 0.25) is 0 Å². The predicted octanol–water partition coefficient (Wildman–Crippen LogP) is 3.45. The Hall–Kier alpha value is -2.54. The van der Waals surface area contributed by atoms with Crippen molar-refractivity contribution in [2.75, 3.05) is 6.54 Å². The zero-order valence-corrected chi connectivity index (χ0v) is 13.5. The summed E-state index contributed by atoms with van der Waals surface area (Å²) in [6.45, 7) is 1.20. The molecule has 1 amide bonds. The van der Waals surface area contributed by atoms with Gasteiger partial charge in [-0.25, -0.2) is 4.39 Å². The van der Waals surface area contributed by atoms with Gasteiger partial charge in [0.15, 0.2) is 5.82 Å². The molecule has 3 aromatic rings. The fraction of sp³-hybridized carbons (Fsp3) is 0.235. The van der Waals surface area contributed by atoms with Gasteiger partial charge in [0, 0.05) is 29.3 Å². The van der Waals surface area contributed by atoms with Crippen molar-refractivity contribution in [3.05, 3.63) is 58.3 Å². The van der Waals surface area contributed by atoms with Gasteiger partial charge in [0.25, 0.3) is 5.89 Å². The molecule has 1 aliphatic rings. The van der Waals surface area contributed by atoms with Crippen LogP contribution in [0.4, 0.5) is 4.39 Å². The number of hydrogen-bond acceptors (Lipinski definition) is 5. The van der Waals surface area contributed by atoms with Crippen LogP contribution in [-0.2, 0) is 11.3 Å². The quantitative estimate of drug-likeness (QED) is 0.728. The lowest BCUT2D eigenvalue weighted by Gasteiger charge is -2.14. The Labute approximate surface area is 141 Å². The third kappa shape index (κ3) is 2.94. The largest absolute Gasteiger partial charge is 0.337 e. The maximum atomic E-state index is 13.0. The number of halogens is 1. The van der Waals surface area contributed by atoms with E-state index in [4.69, 9.17) is 4.52 Å². The van der Waals surface area contributed by atoms with Crippen molar-refractivity contribution in [1.29, 1.82) is 0 Å². The lowest BCUT2D eigenvalue weighted by atomic mass is 10.1. The first-order valence-corrected chi connectivity index (χ1v) is 8.47. The molecule has 1 saturated heterocycles. The van der Waals surface area contributed by atoms with Crippen LogP contribution >= 0.6 is 11.3 Å². The fourth-order valence-electron chi connectivity index (χ4n) is 2.80. The number of carbonyl (C=O) groups excluding carboxylic acids is 1. The molecule has 5 nitrogen and oxygen atoms in total. The molecule has 0 radical (unpaired) electrons. The molecule has 2 aromatic heterocycles. The summed E-state index contributed by atoms with van der Waals surface area (Å²) in [5.74, 6) is 0.576. The maximum absolute atomic E-state index is 13.0. The van der Waals surface area contributed by atoms with Crippen molar-refractivity contribution in [2.45, 2.75) is 18.9 Å². The average molecular weight is 343 g/mol. The van der Waals surface area contributed by atoms with Crippen LogP contribution in [-0.4, -0.2) is 27.5 Å². The first kappa shape index (κ1) is 15.0. The molecule has 7 heteroatoms. The molecule has 0 N–H and O–H groups in total. The Morgan fingerprint density at radius 2 is 2.12 bits per heavy atom. The Morgan fingerprint density at radius 1 is 1.29 bits per heavy atom. The molecule has 1 fully saturated rings. The highest BCUT2D eigenvalue weighted by Gasteiger charge is 2.33. The van der Waals surface area contributed by atoms with E-state index in [1.807, 2.05) is 22.4 Å². The highest BCUT2D eigenvalue weighted by Crippen LogP contribution is 2.29. The third-order valence-electron chi connectivity index (χ3n) is 4.04. The summed E-state index contributed by atoms with van der Waals surface area (Å²) in [5, 5.41) is 6.01. The number of benzene rings is 1. The first-order valence-electron chi connectivity index (χ1n) is 7.59. The summed E-state index contributed by atoms with van der Waals surface area (Å²) < 4.78 is 18.3. The molecule has 1 unspecified atom stereocenters. The third-order valence-corrected chi connectivity index (χ3v) is 4.90. The van der Waals surface area contributed by atoms with E-state index < -0.39 is 0 Å². The van der Waals surface area contributed by atoms with Crippen molar-refractivity contribution in [3.8, 4) is 11.5 Å². The number of hydrogen-bond donors (Lipinski definition) is 0. The number of aromatic nitrogens is 2. The van der Waals surface area contributed by atoms with E-state index >= 15 is 0 Å². The molecule has 4 rings (SSSR count). The number of amides is 1. The molecule has 0 spiro atoms. The Morgan fingerprint density at radius 3 is 2.88 bits per heavy atom. The van der Waals surface area contributed by atoms with Crippen LogP contribution in [0.5, 0.6) is 0 Å². The van der Waals surface area contributed by atoms with Crippen LogP contribution in [0.15, 0.2) is 46.3 Å². The molecule has 0 saturated carbocycles. The fourth-order valence-corrected chi connectivity index (χ4v) is 3.52. The van der Waals surface area contributed by atoms with Crippen LogP contribution in [0.25, 0.3) is 11.5 Å². The maximum Gasteiger partial charge on any atom is 0.257 e. The van der Waals surface area contributed by atoms with Gasteiger partial charge in [-0.2, -0.15) is 4.98 Å². The average Bonchev–Trinajstić information content (AvgIpc) is 3.31. The molecular weight excluding hydrogens is 329 g/mol. The van der Waals surface area contributed by atoms with Gasteiger partial charge in [0.1, 0.15) is 5.82 Å². The van der Waals surface area contributed by atoms with E-state index in [9.17, 15) is 9.18 Å². The van der Waals surface area contributed by atoms with E-state index in [-0.39, 0.29) is 17.6 Å². The molecule has 122 valence electrons. The highest BCUT2D eigenvalue weighted by molar-refractivity contribution is 7.09. The first-order chi connectivity index (χ1) is 11.7. The lowest BCUT2D eigenvalue weighted by molar-refractivity contribution is -0.128. The molecule has 3 heterocycles. The minimum Gasteiger partial charge on any atom is -0.337 e. The second-order valence-corrected chi connectivity index (χ2v) is 6.75. The zero-order valence-electron chi connectivity index (χ0n) is 12.7. The van der Waals surface area contributed by atoms with Crippen LogP contribution in [0, 0.1) is 5.82 Å². The zero-order chi connectivity index (χ0) is 16.5. The van der Waals surface area contributed by atoms with Crippen molar-refractivity contribution in [1.82, 2.24) is 15.0 Å². The van der Waals surface area contributed by atoms with Crippen LogP contribution < -0.4 is 0 Å². The molecule has 1 atom stereocenters. The van der Waals surface area contributed by atoms with Crippen LogP contribution in [0.1, 0.15) is 23.0 Å². The molecule has 0 bridgehead atoms. The van der Waals surface area contributed by atoms with E-state index in [1.54, 1.807) is 23.5 Å². The lowest BCUT2D eigenvalue weighted by Crippen LogP contribution is -2.23. The minimum atomic E-state index is -0.316. The normalized spacial score (nSPS) is 17.6. The smallest absolute Gasteiger partial charge is 0.257 e. The summed E-state index contributed by atoms with van der Waals surface area (Å²) in [7, 11) is 0. The molecule has 1 aliphatic heterocycles. The summed E-state index contributed by atoms with van der Waals surface area (Å²) in [6, 6.07) is 9.88. The number of likely N-dealkylation sites (tertiary alicyclic amines) is 1. The van der Waals surface area contributed by atoms with Crippen molar-refractivity contribution in [3.63, 3.8) is 0 Å². The molecular formula is C17H14FN3O2S. The van der Waals surface area contributed by atoms with Gasteiger partial charge in [-0.3, -0.25) is 4.79 Å². The predicted molar refractivity (Wildman–Crippen MR) is 86.8 cm³/mol.